The van der Waals surface area contributed by atoms with Gasteiger partial charge in [0.05, 0.1) is 11.4 Å². The molecule has 1 unspecified atom stereocenters. The molecule has 0 aliphatic carbocycles. The summed E-state index contributed by atoms with van der Waals surface area (Å²) in [5, 5.41) is 8.71. The quantitative estimate of drug-likeness (QED) is 0.836. The summed E-state index contributed by atoms with van der Waals surface area (Å²) >= 11 is 0. The first kappa shape index (κ1) is 14.2. The number of aryl methyl sites for hydroxylation is 2. The molecule has 1 aliphatic rings. The third-order valence-corrected chi connectivity index (χ3v) is 4.42. The number of aromatic nitrogens is 3. The van der Waals surface area contributed by atoms with E-state index in [1.165, 1.54) is 19.3 Å². The fraction of sp³-hybridized carbons (Fsp3) is 0.800. The van der Waals surface area contributed by atoms with Crippen LogP contribution in [0.3, 0.4) is 0 Å². The zero-order valence-electron chi connectivity index (χ0n) is 12.7. The fourth-order valence-corrected chi connectivity index (χ4v) is 2.84. The monoisotopic (exact) mass is 262 g/mol. The van der Waals surface area contributed by atoms with Crippen molar-refractivity contribution in [3.05, 3.63) is 11.4 Å². The third kappa shape index (κ3) is 3.04. The van der Waals surface area contributed by atoms with Crippen LogP contribution in [0.5, 0.6) is 0 Å². The number of hydrogen-bond donors (Lipinski definition) is 0. The maximum atomic E-state index is 4.74. The SMILES string of the molecule is CCc1nnc(N2CCCC(C)(CC)C2)nc1CC. The van der Waals surface area contributed by atoms with Gasteiger partial charge < -0.3 is 4.90 Å². The van der Waals surface area contributed by atoms with E-state index in [0.29, 0.717) is 5.41 Å². The van der Waals surface area contributed by atoms with E-state index in [1.807, 2.05) is 0 Å². The number of anilines is 1. The highest BCUT2D eigenvalue weighted by Crippen LogP contribution is 2.33. The topological polar surface area (TPSA) is 41.9 Å². The number of piperidine rings is 1. The Morgan fingerprint density at radius 1 is 1.11 bits per heavy atom. The molecule has 1 aromatic heterocycles. The molecule has 4 nitrogen and oxygen atoms in total. The molecule has 2 heterocycles. The number of rotatable bonds is 4. The summed E-state index contributed by atoms with van der Waals surface area (Å²) in [6.07, 6.45) is 5.59. The molecule has 0 radical (unpaired) electrons. The molecule has 1 aliphatic heterocycles. The first-order chi connectivity index (χ1) is 9.11. The minimum absolute atomic E-state index is 0.400. The van der Waals surface area contributed by atoms with E-state index in [2.05, 4.69) is 42.8 Å². The van der Waals surface area contributed by atoms with Gasteiger partial charge >= 0.3 is 0 Å². The molecule has 1 saturated heterocycles. The highest BCUT2D eigenvalue weighted by Gasteiger charge is 2.30. The normalized spacial score (nSPS) is 23.7. The van der Waals surface area contributed by atoms with E-state index in [1.54, 1.807) is 0 Å². The Balaban J connectivity index is 2.22. The third-order valence-electron chi connectivity index (χ3n) is 4.42. The summed E-state index contributed by atoms with van der Waals surface area (Å²) in [7, 11) is 0. The van der Waals surface area contributed by atoms with Crippen LogP contribution in [0.1, 0.15) is 58.3 Å². The van der Waals surface area contributed by atoms with Gasteiger partial charge in [0, 0.05) is 13.1 Å². The van der Waals surface area contributed by atoms with Gasteiger partial charge in [-0.05, 0) is 37.5 Å². The average molecular weight is 262 g/mol. The Morgan fingerprint density at radius 3 is 2.47 bits per heavy atom. The summed E-state index contributed by atoms with van der Waals surface area (Å²) < 4.78 is 0. The lowest BCUT2D eigenvalue weighted by Gasteiger charge is -2.39. The number of nitrogens with zero attached hydrogens (tertiary/aromatic N) is 4. The van der Waals surface area contributed by atoms with Gasteiger partial charge in [0.25, 0.3) is 0 Å². The van der Waals surface area contributed by atoms with Gasteiger partial charge in [-0.15, -0.1) is 5.10 Å². The summed E-state index contributed by atoms with van der Waals surface area (Å²) in [6, 6.07) is 0. The molecule has 4 heteroatoms. The first-order valence-corrected chi connectivity index (χ1v) is 7.59. The summed E-state index contributed by atoms with van der Waals surface area (Å²) in [6.45, 7) is 11.0. The van der Waals surface area contributed by atoms with Crippen LogP contribution in [0.2, 0.25) is 0 Å². The van der Waals surface area contributed by atoms with E-state index in [9.17, 15) is 0 Å². The van der Waals surface area contributed by atoms with Crippen molar-refractivity contribution in [2.24, 2.45) is 5.41 Å². The fourth-order valence-electron chi connectivity index (χ4n) is 2.84. The van der Waals surface area contributed by atoms with Crippen LogP contribution in [0.4, 0.5) is 5.95 Å². The second kappa shape index (κ2) is 5.85. The van der Waals surface area contributed by atoms with Crippen molar-refractivity contribution in [3.63, 3.8) is 0 Å². The Labute approximate surface area is 116 Å². The van der Waals surface area contributed by atoms with E-state index in [0.717, 1.165) is 43.3 Å². The molecule has 0 N–H and O–H groups in total. The second-order valence-electron chi connectivity index (χ2n) is 5.90. The van der Waals surface area contributed by atoms with Gasteiger partial charge in [-0.1, -0.05) is 27.7 Å². The van der Waals surface area contributed by atoms with E-state index in [4.69, 9.17) is 4.98 Å². The zero-order valence-corrected chi connectivity index (χ0v) is 12.7. The van der Waals surface area contributed by atoms with Crippen LogP contribution < -0.4 is 4.90 Å². The lowest BCUT2D eigenvalue weighted by Crippen LogP contribution is -2.42. The molecule has 1 aromatic rings. The molecule has 1 fully saturated rings. The Hall–Kier alpha value is -1.19. The van der Waals surface area contributed by atoms with Gasteiger partial charge in [0.15, 0.2) is 0 Å². The van der Waals surface area contributed by atoms with Gasteiger partial charge in [0.1, 0.15) is 0 Å². The van der Waals surface area contributed by atoms with E-state index >= 15 is 0 Å². The van der Waals surface area contributed by atoms with Crippen LogP contribution in [-0.2, 0) is 12.8 Å². The zero-order chi connectivity index (χ0) is 13.9. The van der Waals surface area contributed by atoms with Crippen molar-refractivity contribution in [3.8, 4) is 0 Å². The van der Waals surface area contributed by atoms with Crippen LogP contribution in [0.25, 0.3) is 0 Å². The van der Waals surface area contributed by atoms with Crippen LogP contribution in [-0.4, -0.2) is 28.3 Å². The predicted octanol–water partition coefficient (Wildman–Crippen LogP) is 3.01. The van der Waals surface area contributed by atoms with Crippen LogP contribution in [0, 0.1) is 5.41 Å². The molecular formula is C15H26N4. The van der Waals surface area contributed by atoms with Crippen LogP contribution in [0.15, 0.2) is 0 Å². The average Bonchev–Trinajstić information content (AvgIpc) is 2.46. The van der Waals surface area contributed by atoms with Crippen molar-refractivity contribution >= 4 is 5.95 Å². The van der Waals surface area contributed by atoms with Gasteiger partial charge in [0.2, 0.25) is 5.95 Å². The van der Waals surface area contributed by atoms with Gasteiger partial charge in [-0.2, -0.15) is 5.10 Å². The summed E-state index contributed by atoms with van der Waals surface area (Å²) in [5.41, 5.74) is 2.55. The van der Waals surface area contributed by atoms with Crippen molar-refractivity contribution in [2.45, 2.75) is 59.8 Å². The molecule has 106 valence electrons. The lowest BCUT2D eigenvalue weighted by molar-refractivity contribution is 0.249. The highest BCUT2D eigenvalue weighted by atomic mass is 15.3. The van der Waals surface area contributed by atoms with Crippen molar-refractivity contribution in [1.29, 1.82) is 0 Å². The maximum Gasteiger partial charge on any atom is 0.245 e. The predicted molar refractivity (Wildman–Crippen MR) is 78.4 cm³/mol. The summed E-state index contributed by atoms with van der Waals surface area (Å²) in [5.74, 6) is 0.827. The molecule has 19 heavy (non-hydrogen) atoms. The molecule has 0 saturated carbocycles. The van der Waals surface area contributed by atoms with Crippen molar-refractivity contribution in [1.82, 2.24) is 15.2 Å². The Bertz CT molecular complexity index is 432. The van der Waals surface area contributed by atoms with Gasteiger partial charge in [-0.25, -0.2) is 4.98 Å². The van der Waals surface area contributed by atoms with E-state index in [-0.39, 0.29) is 0 Å². The smallest absolute Gasteiger partial charge is 0.245 e. The molecular weight excluding hydrogens is 236 g/mol. The standard InChI is InChI=1S/C15H26N4/c1-5-12-13(6-2)17-18-14(16-12)19-10-8-9-15(4,7-3)11-19/h5-11H2,1-4H3. The summed E-state index contributed by atoms with van der Waals surface area (Å²) in [4.78, 5) is 7.06. The molecule has 2 rings (SSSR count). The van der Waals surface area contributed by atoms with Crippen molar-refractivity contribution < 1.29 is 0 Å². The lowest BCUT2D eigenvalue weighted by atomic mass is 9.80. The maximum absolute atomic E-state index is 4.74. The molecule has 1 atom stereocenters. The van der Waals surface area contributed by atoms with Gasteiger partial charge in [-0.3, -0.25) is 0 Å². The Morgan fingerprint density at radius 2 is 1.84 bits per heavy atom. The second-order valence-corrected chi connectivity index (χ2v) is 5.90. The van der Waals surface area contributed by atoms with Crippen LogP contribution >= 0.6 is 0 Å². The largest absolute Gasteiger partial charge is 0.339 e. The minimum Gasteiger partial charge on any atom is -0.339 e. The molecule has 0 amide bonds. The van der Waals surface area contributed by atoms with Crippen molar-refractivity contribution in [2.75, 3.05) is 18.0 Å². The first-order valence-electron chi connectivity index (χ1n) is 7.59. The van der Waals surface area contributed by atoms with E-state index < -0.39 is 0 Å². The molecule has 0 bridgehead atoms. The highest BCUT2D eigenvalue weighted by molar-refractivity contribution is 5.31. The minimum atomic E-state index is 0.400. The molecule has 0 aromatic carbocycles. The number of hydrogen-bond acceptors (Lipinski definition) is 4. The molecule has 0 spiro atoms. The Kier molecular flexibility index (Phi) is 4.38.